The molecule has 10 heteroatoms. The van der Waals surface area contributed by atoms with Crippen LogP contribution in [0.5, 0.6) is 5.75 Å². The first-order valence-corrected chi connectivity index (χ1v) is 9.19. The maximum Gasteiger partial charge on any atom is 0.289 e. The molecule has 0 saturated heterocycles. The van der Waals surface area contributed by atoms with E-state index in [2.05, 4.69) is 20.6 Å². The molecule has 150 valence electrons. The van der Waals surface area contributed by atoms with E-state index in [1.54, 1.807) is 6.20 Å². The molecule has 2 aliphatic heterocycles. The van der Waals surface area contributed by atoms with Crippen LogP contribution >= 0.6 is 0 Å². The van der Waals surface area contributed by atoms with Gasteiger partial charge in [-0.2, -0.15) is 0 Å². The normalized spacial score (nSPS) is 21.3. The Balaban J connectivity index is 1.35. The highest BCUT2D eigenvalue weighted by Gasteiger charge is 2.47. The predicted octanol–water partition coefficient (Wildman–Crippen LogP) is 1.79. The van der Waals surface area contributed by atoms with Crippen molar-refractivity contribution in [1.29, 1.82) is 0 Å². The molecule has 0 unspecified atom stereocenters. The van der Waals surface area contributed by atoms with E-state index in [0.29, 0.717) is 12.7 Å². The molecule has 5 rings (SSSR count). The molecule has 2 amide bonds. The monoisotopic (exact) mass is 402 g/mol. The second-order valence-corrected chi connectivity index (χ2v) is 7.29. The predicted molar refractivity (Wildman–Crippen MR) is 94.1 cm³/mol. The molecular formula is C19H16F2N4O4. The number of ether oxygens (including phenoxy) is 2. The van der Waals surface area contributed by atoms with Crippen LogP contribution < -0.4 is 15.4 Å². The minimum Gasteiger partial charge on any atom is -0.488 e. The zero-order valence-electron chi connectivity index (χ0n) is 15.1. The Morgan fingerprint density at radius 2 is 2.14 bits per heavy atom. The number of rotatable bonds is 2. The topological polar surface area (TPSA) is 102 Å². The summed E-state index contributed by atoms with van der Waals surface area (Å²) in [4.78, 5) is 33.5. The fourth-order valence-corrected chi connectivity index (χ4v) is 3.75. The molecule has 1 atom stereocenters. The Kier molecular flexibility index (Phi) is 3.98. The number of fused-ring (bicyclic) bond motifs is 3. The highest BCUT2D eigenvalue weighted by molar-refractivity contribution is 6.01. The van der Waals surface area contributed by atoms with E-state index in [4.69, 9.17) is 9.47 Å². The Labute approximate surface area is 163 Å². The average Bonchev–Trinajstić information content (AvgIpc) is 2.98. The number of carbonyl (C=O) groups is 2. The lowest BCUT2D eigenvalue weighted by atomic mass is 9.77. The number of benzene rings is 1. The molecule has 1 aromatic heterocycles. The number of hydrogen-bond donors (Lipinski definition) is 2. The molecule has 1 spiro atoms. The maximum atomic E-state index is 13.9. The van der Waals surface area contributed by atoms with Crippen molar-refractivity contribution >= 4 is 17.5 Å². The van der Waals surface area contributed by atoms with Crippen molar-refractivity contribution in [2.24, 2.45) is 0 Å². The summed E-state index contributed by atoms with van der Waals surface area (Å²) in [5.41, 5.74) is 0.866. The van der Waals surface area contributed by atoms with Gasteiger partial charge < -0.3 is 20.1 Å². The summed E-state index contributed by atoms with van der Waals surface area (Å²) in [6.07, 6.45) is 4.28. The lowest BCUT2D eigenvalue weighted by molar-refractivity contribution is -0.118. The molecule has 1 fully saturated rings. The van der Waals surface area contributed by atoms with Gasteiger partial charge in [0, 0.05) is 23.9 Å². The Hall–Kier alpha value is -3.14. The number of halogens is 2. The second-order valence-electron chi connectivity index (χ2n) is 7.29. The van der Waals surface area contributed by atoms with Crippen LogP contribution in [-0.4, -0.2) is 34.4 Å². The fourth-order valence-electron chi connectivity index (χ4n) is 3.75. The number of nitrogens with zero attached hydrogens (tertiary/aromatic N) is 2. The summed E-state index contributed by atoms with van der Waals surface area (Å²) in [6, 6.07) is 0.464. The molecule has 2 N–H and O–H groups in total. The summed E-state index contributed by atoms with van der Waals surface area (Å²) in [6.45, 7) is 0.113. The number of anilines is 1. The van der Waals surface area contributed by atoms with Crippen LogP contribution in [0.15, 0.2) is 18.3 Å². The van der Waals surface area contributed by atoms with Gasteiger partial charge in [0.2, 0.25) is 5.82 Å². The molecule has 1 aromatic carbocycles. The molecule has 1 aliphatic carbocycles. The van der Waals surface area contributed by atoms with Gasteiger partial charge in [-0.3, -0.25) is 9.59 Å². The van der Waals surface area contributed by atoms with Crippen molar-refractivity contribution in [1.82, 2.24) is 15.3 Å². The van der Waals surface area contributed by atoms with Gasteiger partial charge in [-0.15, -0.1) is 0 Å². The standard InChI is InChI=1S/C19H16F2N4O4/c20-10-4-11(21)14-13(5-10)28-8-12(17(26)24-14)23-18(27)16-22-6-9-7-29-19(2-1-3-19)15(9)25-16/h4-6,12H,1-3,7-8H2,(H,23,27)(H,24,26)/t12-/m0/s1. The molecule has 0 radical (unpaired) electrons. The zero-order chi connectivity index (χ0) is 20.2. The van der Waals surface area contributed by atoms with Crippen LogP contribution in [0.2, 0.25) is 0 Å². The van der Waals surface area contributed by atoms with E-state index in [0.717, 1.165) is 36.6 Å². The summed E-state index contributed by atoms with van der Waals surface area (Å²) >= 11 is 0. The summed E-state index contributed by atoms with van der Waals surface area (Å²) in [7, 11) is 0. The van der Waals surface area contributed by atoms with Crippen molar-refractivity contribution in [3.63, 3.8) is 0 Å². The van der Waals surface area contributed by atoms with E-state index in [-0.39, 0.29) is 23.9 Å². The van der Waals surface area contributed by atoms with Crippen molar-refractivity contribution in [2.75, 3.05) is 11.9 Å². The van der Waals surface area contributed by atoms with Gasteiger partial charge in [0.15, 0.2) is 5.82 Å². The van der Waals surface area contributed by atoms with Crippen molar-refractivity contribution in [2.45, 2.75) is 37.5 Å². The number of nitrogens with one attached hydrogen (secondary N) is 2. The first kappa shape index (κ1) is 17.9. The molecule has 3 heterocycles. The van der Waals surface area contributed by atoms with E-state index in [1.807, 2.05) is 0 Å². The first-order chi connectivity index (χ1) is 13.9. The second kappa shape index (κ2) is 6.45. The number of aromatic nitrogens is 2. The van der Waals surface area contributed by atoms with Gasteiger partial charge in [-0.1, -0.05) is 0 Å². The Morgan fingerprint density at radius 1 is 1.31 bits per heavy atom. The van der Waals surface area contributed by atoms with Gasteiger partial charge in [-0.25, -0.2) is 18.7 Å². The summed E-state index contributed by atoms with van der Waals surface area (Å²) in [5.74, 6) is -3.40. The van der Waals surface area contributed by atoms with E-state index in [1.165, 1.54) is 0 Å². The molecule has 1 saturated carbocycles. The third kappa shape index (κ3) is 2.91. The van der Waals surface area contributed by atoms with Gasteiger partial charge in [0.05, 0.1) is 12.3 Å². The molecule has 3 aliphatic rings. The van der Waals surface area contributed by atoms with Crippen LogP contribution in [-0.2, 0) is 21.7 Å². The van der Waals surface area contributed by atoms with Crippen LogP contribution in [0, 0.1) is 11.6 Å². The SMILES string of the molecule is O=C(N[C@H]1COc2cc(F)cc(F)c2NC1=O)c1ncc2c(n1)C1(CCC1)OC2. The molecule has 2 aromatic rings. The Bertz CT molecular complexity index is 1040. The van der Waals surface area contributed by atoms with Gasteiger partial charge in [0.25, 0.3) is 11.8 Å². The lowest BCUT2D eigenvalue weighted by Gasteiger charge is -2.37. The third-order valence-electron chi connectivity index (χ3n) is 5.46. The molecule has 8 nitrogen and oxygen atoms in total. The van der Waals surface area contributed by atoms with E-state index >= 15 is 0 Å². The largest absolute Gasteiger partial charge is 0.488 e. The minimum absolute atomic E-state index is 0.0905. The Morgan fingerprint density at radius 3 is 2.90 bits per heavy atom. The third-order valence-corrected chi connectivity index (χ3v) is 5.46. The van der Waals surface area contributed by atoms with Crippen LogP contribution in [0.4, 0.5) is 14.5 Å². The van der Waals surface area contributed by atoms with E-state index in [9.17, 15) is 18.4 Å². The highest BCUT2D eigenvalue weighted by Crippen LogP contribution is 2.49. The molecule has 0 bridgehead atoms. The van der Waals surface area contributed by atoms with Crippen LogP contribution in [0.25, 0.3) is 0 Å². The summed E-state index contributed by atoms with van der Waals surface area (Å²) < 4.78 is 38.5. The number of hydrogen-bond acceptors (Lipinski definition) is 6. The highest BCUT2D eigenvalue weighted by atomic mass is 19.1. The van der Waals surface area contributed by atoms with Gasteiger partial charge >= 0.3 is 0 Å². The van der Waals surface area contributed by atoms with Crippen LogP contribution in [0.3, 0.4) is 0 Å². The quantitative estimate of drug-likeness (QED) is 0.794. The minimum atomic E-state index is -1.14. The van der Waals surface area contributed by atoms with Crippen molar-refractivity contribution in [3.05, 3.63) is 47.0 Å². The lowest BCUT2D eigenvalue weighted by Crippen LogP contribution is -2.47. The van der Waals surface area contributed by atoms with Gasteiger partial charge in [-0.05, 0) is 19.3 Å². The maximum absolute atomic E-state index is 13.9. The zero-order valence-corrected chi connectivity index (χ0v) is 15.1. The number of amides is 2. The van der Waals surface area contributed by atoms with Gasteiger partial charge in [0.1, 0.15) is 35.5 Å². The van der Waals surface area contributed by atoms with Crippen molar-refractivity contribution < 1.29 is 27.8 Å². The molecular weight excluding hydrogens is 386 g/mol. The van der Waals surface area contributed by atoms with E-state index < -0.39 is 35.1 Å². The van der Waals surface area contributed by atoms with Crippen LogP contribution in [0.1, 0.15) is 41.1 Å². The van der Waals surface area contributed by atoms with Crippen molar-refractivity contribution in [3.8, 4) is 5.75 Å². The smallest absolute Gasteiger partial charge is 0.289 e. The molecule has 29 heavy (non-hydrogen) atoms. The fraction of sp³-hybridized carbons (Fsp3) is 0.368. The summed E-state index contributed by atoms with van der Waals surface area (Å²) in [5, 5.41) is 4.81. The first-order valence-electron chi connectivity index (χ1n) is 9.19. The average molecular weight is 402 g/mol. The number of carbonyl (C=O) groups excluding carboxylic acids is 2.